The molecule has 10 nitrogen and oxygen atoms in total. The van der Waals surface area contributed by atoms with Gasteiger partial charge in [-0.25, -0.2) is 0 Å². The number of benzene rings is 2. The number of aliphatic hydroxyl groups excluding tert-OH is 1. The summed E-state index contributed by atoms with van der Waals surface area (Å²) < 4.78 is 13.5. The van der Waals surface area contributed by atoms with Crippen LogP contribution < -0.4 is 15.0 Å². The Morgan fingerprint density at radius 1 is 1.31 bits per heavy atom. The second kappa shape index (κ2) is 11.0. The molecule has 39 heavy (non-hydrogen) atoms. The number of methoxy groups -OCH3 is 1. The lowest BCUT2D eigenvalue weighted by atomic mass is 9.82. The molecule has 2 N–H and O–H groups in total. The number of ether oxygens (including phenoxy) is 2. The third-order valence-corrected chi connectivity index (χ3v) is 7.47. The lowest BCUT2D eigenvalue weighted by molar-refractivity contribution is -0.145. The van der Waals surface area contributed by atoms with Gasteiger partial charge in [-0.2, -0.15) is 0 Å². The van der Waals surface area contributed by atoms with E-state index in [4.69, 9.17) is 14.6 Å². The number of carbonyl (C=O) groups excluding carboxylic acids is 2. The smallest absolute Gasteiger partial charge is 0.264 e. The summed E-state index contributed by atoms with van der Waals surface area (Å²) in [7, 11) is 1.58. The highest BCUT2D eigenvalue weighted by atomic mass is 16.5. The average Bonchev–Trinajstić information content (AvgIpc) is 3.60. The van der Waals surface area contributed by atoms with Crippen molar-refractivity contribution in [2.45, 2.75) is 44.4 Å². The Bertz CT molecular complexity index is 1370. The summed E-state index contributed by atoms with van der Waals surface area (Å²) in [5, 5.41) is 20.3. The van der Waals surface area contributed by atoms with E-state index in [1.807, 2.05) is 25.3 Å². The number of aryl methyl sites for hydroxylation is 1. The zero-order valence-electron chi connectivity index (χ0n) is 22.2. The van der Waals surface area contributed by atoms with Crippen molar-refractivity contribution in [2.75, 3.05) is 30.5 Å². The van der Waals surface area contributed by atoms with E-state index in [0.29, 0.717) is 49.4 Å². The molecular weight excluding hydrogens is 498 g/mol. The van der Waals surface area contributed by atoms with Gasteiger partial charge in [0.05, 0.1) is 24.6 Å². The highest BCUT2D eigenvalue weighted by Crippen LogP contribution is 2.54. The van der Waals surface area contributed by atoms with E-state index in [1.54, 1.807) is 53.1 Å². The van der Waals surface area contributed by atoms with Crippen LogP contribution in [0, 0.1) is 5.92 Å². The van der Waals surface area contributed by atoms with Crippen LogP contribution in [-0.4, -0.2) is 58.3 Å². The van der Waals surface area contributed by atoms with E-state index in [9.17, 15) is 9.59 Å². The van der Waals surface area contributed by atoms with Crippen molar-refractivity contribution in [3.63, 3.8) is 0 Å². The predicted molar refractivity (Wildman–Crippen MR) is 146 cm³/mol. The van der Waals surface area contributed by atoms with Crippen LogP contribution in [0.2, 0.25) is 0 Å². The molecule has 1 saturated heterocycles. The van der Waals surface area contributed by atoms with Crippen molar-refractivity contribution in [3.8, 4) is 5.75 Å². The summed E-state index contributed by atoms with van der Waals surface area (Å²) in [6.07, 6.45) is 5.18. The number of aliphatic hydroxyl groups is 1. The maximum absolute atomic E-state index is 13.9. The van der Waals surface area contributed by atoms with Crippen molar-refractivity contribution in [3.05, 3.63) is 78.1 Å². The van der Waals surface area contributed by atoms with Gasteiger partial charge in [0.1, 0.15) is 5.75 Å². The fourth-order valence-corrected chi connectivity index (χ4v) is 5.54. The maximum Gasteiger partial charge on any atom is 0.264 e. The monoisotopic (exact) mass is 531 g/mol. The molecule has 3 heterocycles. The van der Waals surface area contributed by atoms with Crippen molar-refractivity contribution >= 4 is 23.2 Å². The third-order valence-electron chi connectivity index (χ3n) is 7.47. The highest BCUT2D eigenvalue weighted by Gasteiger charge is 2.59. The second-order valence-corrected chi connectivity index (χ2v) is 9.97. The molecule has 1 spiro atoms. The van der Waals surface area contributed by atoms with E-state index in [2.05, 4.69) is 22.2 Å². The molecule has 2 aliphatic heterocycles. The molecule has 2 amide bonds. The fraction of sp³-hybridized carbons (Fsp3) is 0.379. The van der Waals surface area contributed by atoms with Crippen LogP contribution in [0.1, 0.15) is 41.4 Å². The number of nitrogens with one attached hydrogen (secondary N) is 1. The van der Waals surface area contributed by atoms with E-state index in [0.717, 1.165) is 16.9 Å². The van der Waals surface area contributed by atoms with Gasteiger partial charge < -0.3 is 24.8 Å². The maximum atomic E-state index is 13.9. The molecule has 0 unspecified atom stereocenters. The molecule has 0 bridgehead atoms. The van der Waals surface area contributed by atoms with E-state index in [1.165, 1.54) is 0 Å². The van der Waals surface area contributed by atoms with E-state index in [-0.39, 0.29) is 30.4 Å². The van der Waals surface area contributed by atoms with Crippen molar-refractivity contribution < 1.29 is 24.2 Å². The number of hydrogen-bond donors (Lipinski definition) is 2. The lowest BCUT2D eigenvalue weighted by Gasteiger charge is -2.28. The normalized spacial score (nSPS) is 21.8. The van der Waals surface area contributed by atoms with Gasteiger partial charge in [-0.15, -0.1) is 11.7 Å². The minimum atomic E-state index is -1.14. The zero-order chi connectivity index (χ0) is 27.6. The van der Waals surface area contributed by atoms with E-state index >= 15 is 0 Å². The van der Waals surface area contributed by atoms with Crippen LogP contribution in [0.15, 0.2) is 61.3 Å². The molecule has 1 fully saturated rings. The van der Waals surface area contributed by atoms with Crippen LogP contribution >= 0.6 is 0 Å². The molecule has 204 valence electrons. The molecular formula is C29H33N5O5. The lowest BCUT2D eigenvalue weighted by Crippen LogP contribution is -2.44. The molecule has 2 aliphatic rings. The molecule has 2 aromatic carbocycles. The van der Waals surface area contributed by atoms with Crippen LogP contribution in [0.5, 0.6) is 5.75 Å². The van der Waals surface area contributed by atoms with Crippen molar-refractivity contribution in [1.82, 2.24) is 15.0 Å². The topological polar surface area (TPSA) is 119 Å². The molecule has 3 atom stereocenters. The first kappa shape index (κ1) is 26.6. The largest absolute Gasteiger partial charge is 0.497 e. The Kier molecular flexibility index (Phi) is 7.49. The number of amides is 2. The number of rotatable bonds is 10. The number of aromatic nitrogens is 3. The summed E-state index contributed by atoms with van der Waals surface area (Å²) in [4.78, 5) is 28.5. The van der Waals surface area contributed by atoms with Gasteiger partial charge in [-0.1, -0.05) is 18.2 Å². The standard InChI is InChI=1S/C29H33N5O5/c1-4-13-34-26-10-7-21(30-27(36)20-5-8-23(38-3)9-6-20)17-25(26)29(28(34)37)19(2)16-24(39-29)11-14-33-18-22(12-15-35)31-32-33/h4-10,17-19,24,35H,1,11-16H2,2-3H3,(H,30,36)/t19-,24+,29+/m0/s1. The number of fused-ring (bicyclic) bond motifs is 2. The molecule has 3 aromatic rings. The average molecular weight is 532 g/mol. The van der Waals surface area contributed by atoms with Gasteiger partial charge in [0.15, 0.2) is 5.60 Å². The molecule has 0 aliphatic carbocycles. The molecule has 0 saturated carbocycles. The summed E-state index contributed by atoms with van der Waals surface area (Å²) in [5.41, 5.74) is 2.19. The summed E-state index contributed by atoms with van der Waals surface area (Å²) in [5.74, 6) is 0.211. The third kappa shape index (κ3) is 4.93. The summed E-state index contributed by atoms with van der Waals surface area (Å²) >= 11 is 0. The first-order valence-corrected chi connectivity index (χ1v) is 13.1. The Morgan fingerprint density at radius 3 is 2.82 bits per heavy atom. The minimum absolute atomic E-state index is 0.0235. The van der Waals surface area contributed by atoms with Gasteiger partial charge >= 0.3 is 0 Å². The van der Waals surface area contributed by atoms with Gasteiger partial charge in [0.2, 0.25) is 0 Å². The van der Waals surface area contributed by atoms with Crippen LogP contribution in [0.25, 0.3) is 0 Å². The van der Waals surface area contributed by atoms with Gasteiger partial charge in [0, 0.05) is 55.0 Å². The molecule has 1 aromatic heterocycles. The molecule has 10 heteroatoms. The molecule has 0 radical (unpaired) electrons. The number of carbonyl (C=O) groups is 2. The second-order valence-electron chi connectivity index (χ2n) is 9.97. The van der Waals surface area contributed by atoms with Gasteiger partial charge in [0.25, 0.3) is 11.8 Å². The van der Waals surface area contributed by atoms with Gasteiger partial charge in [-0.3, -0.25) is 14.3 Å². The van der Waals surface area contributed by atoms with Gasteiger partial charge in [-0.05, 0) is 55.3 Å². The van der Waals surface area contributed by atoms with Crippen LogP contribution in [-0.2, 0) is 28.1 Å². The summed E-state index contributed by atoms with van der Waals surface area (Å²) in [6.45, 7) is 6.84. The van der Waals surface area contributed by atoms with Crippen molar-refractivity contribution in [1.29, 1.82) is 0 Å². The first-order chi connectivity index (χ1) is 18.9. The fourth-order valence-electron chi connectivity index (χ4n) is 5.54. The van der Waals surface area contributed by atoms with E-state index < -0.39 is 5.60 Å². The SMILES string of the molecule is C=CCN1C(=O)[C@]2(O[C@H](CCn3cc(CCO)nn3)C[C@@H]2C)c2cc(NC(=O)c3ccc(OC)cc3)ccc21. The minimum Gasteiger partial charge on any atom is -0.497 e. The zero-order valence-corrected chi connectivity index (χ0v) is 22.2. The first-order valence-electron chi connectivity index (χ1n) is 13.1. The molecule has 5 rings (SSSR count). The summed E-state index contributed by atoms with van der Waals surface area (Å²) in [6, 6.07) is 12.4. The Morgan fingerprint density at radius 2 is 2.10 bits per heavy atom. The van der Waals surface area contributed by atoms with Crippen molar-refractivity contribution in [2.24, 2.45) is 5.92 Å². The Balaban J connectivity index is 1.38. The van der Waals surface area contributed by atoms with Crippen LogP contribution in [0.4, 0.5) is 11.4 Å². The quantitative estimate of drug-likeness (QED) is 0.385. The van der Waals surface area contributed by atoms with Crippen LogP contribution in [0.3, 0.4) is 0 Å². The number of nitrogens with zero attached hydrogens (tertiary/aromatic N) is 4. The predicted octanol–water partition coefficient (Wildman–Crippen LogP) is 3.32. The number of anilines is 2. The highest BCUT2D eigenvalue weighted by molar-refractivity contribution is 6.09. The Hall–Kier alpha value is -4.02. The Labute approximate surface area is 227 Å². The number of hydrogen-bond acceptors (Lipinski definition) is 7.